The van der Waals surface area contributed by atoms with Crippen molar-refractivity contribution in [2.45, 2.75) is 45.9 Å². The Morgan fingerprint density at radius 2 is 2.16 bits per heavy atom. The highest BCUT2D eigenvalue weighted by atomic mass is 79.9. The van der Waals surface area contributed by atoms with Crippen LogP contribution in [0.5, 0.6) is 0 Å². The summed E-state index contributed by atoms with van der Waals surface area (Å²) in [4.78, 5) is 0. The molecular weight excluding hydrogens is 309 g/mol. The Hall–Kier alpha value is -0.450. The van der Waals surface area contributed by atoms with Gasteiger partial charge < -0.3 is 10.1 Å². The van der Waals surface area contributed by atoms with Gasteiger partial charge in [0.05, 0.1) is 6.10 Å². The van der Waals surface area contributed by atoms with Crippen LogP contribution < -0.4 is 5.32 Å². The quantitative estimate of drug-likeness (QED) is 0.885. The van der Waals surface area contributed by atoms with E-state index in [2.05, 4.69) is 35.1 Å². The first-order valence-corrected chi connectivity index (χ1v) is 7.52. The average molecular weight is 330 g/mol. The molecule has 0 aromatic heterocycles. The molecule has 0 amide bonds. The first-order valence-electron chi connectivity index (χ1n) is 6.73. The van der Waals surface area contributed by atoms with E-state index in [0.29, 0.717) is 18.7 Å². The number of hydrogen-bond donors (Lipinski definition) is 1. The Balaban J connectivity index is 1.90. The van der Waals surface area contributed by atoms with E-state index >= 15 is 0 Å². The van der Waals surface area contributed by atoms with Crippen LogP contribution in [0.2, 0.25) is 0 Å². The van der Waals surface area contributed by atoms with E-state index in [1.165, 1.54) is 6.07 Å². The second kappa shape index (κ2) is 5.90. The molecule has 2 nitrogen and oxygen atoms in total. The van der Waals surface area contributed by atoms with Crippen molar-refractivity contribution in [1.29, 1.82) is 0 Å². The first kappa shape index (κ1) is 14.9. The SMILES string of the molecule is CCOC1CC(NCc2cc(F)cc(Br)c2)C1(C)C. The topological polar surface area (TPSA) is 21.3 Å². The molecule has 0 aliphatic heterocycles. The molecule has 1 fully saturated rings. The van der Waals surface area contributed by atoms with E-state index in [-0.39, 0.29) is 11.2 Å². The van der Waals surface area contributed by atoms with Gasteiger partial charge in [-0.25, -0.2) is 4.39 Å². The van der Waals surface area contributed by atoms with Crippen molar-refractivity contribution in [3.63, 3.8) is 0 Å². The third-order valence-electron chi connectivity index (χ3n) is 4.02. The lowest BCUT2D eigenvalue weighted by molar-refractivity contribution is -0.114. The molecule has 1 aromatic rings. The third-order valence-corrected chi connectivity index (χ3v) is 4.48. The van der Waals surface area contributed by atoms with Crippen molar-refractivity contribution in [3.05, 3.63) is 34.1 Å². The van der Waals surface area contributed by atoms with E-state index in [4.69, 9.17) is 4.74 Å². The zero-order valence-corrected chi connectivity index (χ0v) is 13.3. The smallest absolute Gasteiger partial charge is 0.124 e. The molecule has 0 bridgehead atoms. The second-order valence-corrected chi connectivity index (χ2v) is 6.63. The average Bonchev–Trinajstić information content (AvgIpc) is 2.31. The maximum absolute atomic E-state index is 13.3. The Bertz CT molecular complexity index is 430. The highest BCUT2D eigenvalue weighted by molar-refractivity contribution is 9.10. The van der Waals surface area contributed by atoms with Crippen LogP contribution >= 0.6 is 15.9 Å². The molecule has 106 valence electrons. The summed E-state index contributed by atoms with van der Waals surface area (Å²) in [6.07, 6.45) is 1.35. The van der Waals surface area contributed by atoms with Gasteiger partial charge in [0.15, 0.2) is 0 Å². The van der Waals surface area contributed by atoms with Gasteiger partial charge in [0.1, 0.15) is 5.82 Å². The molecule has 0 spiro atoms. The van der Waals surface area contributed by atoms with Crippen LogP contribution in [0.1, 0.15) is 32.8 Å². The maximum atomic E-state index is 13.3. The van der Waals surface area contributed by atoms with Crippen molar-refractivity contribution in [2.75, 3.05) is 6.61 Å². The van der Waals surface area contributed by atoms with Crippen LogP contribution in [0.4, 0.5) is 4.39 Å². The molecule has 2 atom stereocenters. The van der Waals surface area contributed by atoms with Gasteiger partial charge in [-0.15, -0.1) is 0 Å². The van der Waals surface area contributed by atoms with Crippen LogP contribution in [0.3, 0.4) is 0 Å². The maximum Gasteiger partial charge on any atom is 0.124 e. The van der Waals surface area contributed by atoms with Crippen molar-refractivity contribution in [2.24, 2.45) is 5.41 Å². The van der Waals surface area contributed by atoms with Crippen molar-refractivity contribution in [3.8, 4) is 0 Å². The molecule has 1 aliphatic rings. The molecule has 2 unspecified atom stereocenters. The predicted octanol–water partition coefficient (Wildman–Crippen LogP) is 3.88. The minimum absolute atomic E-state index is 0.139. The lowest BCUT2D eigenvalue weighted by Gasteiger charge is -2.52. The van der Waals surface area contributed by atoms with Gasteiger partial charge in [-0.2, -0.15) is 0 Å². The summed E-state index contributed by atoms with van der Waals surface area (Å²) in [5.74, 6) is -0.203. The molecule has 0 heterocycles. The first-order chi connectivity index (χ1) is 8.93. The van der Waals surface area contributed by atoms with E-state index < -0.39 is 0 Å². The van der Waals surface area contributed by atoms with E-state index in [1.807, 2.05) is 13.0 Å². The zero-order chi connectivity index (χ0) is 14.0. The van der Waals surface area contributed by atoms with Gasteiger partial charge in [-0.3, -0.25) is 0 Å². The van der Waals surface area contributed by atoms with Gasteiger partial charge in [0.25, 0.3) is 0 Å². The summed E-state index contributed by atoms with van der Waals surface area (Å²) in [6.45, 7) is 7.91. The fourth-order valence-corrected chi connectivity index (χ4v) is 3.18. The number of rotatable bonds is 5. The highest BCUT2D eigenvalue weighted by Gasteiger charge is 2.48. The van der Waals surface area contributed by atoms with Crippen LogP contribution in [0.15, 0.2) is 22.7 Å². The normalized spacial score (nSPS) is 25.1. The summed E-state index contributed by atoms with van der Waals surface area (Å²) in [6, 6.07) is 5.42. The fourth-order valence-electron chi connectivity index (χ4n) is 2.67. The van der Waals surface area contributed by atoms with Crippen LogP contribution in [-0.4, -0.2) is 18.8 Å². The molecule has 1 saturated carbocycles. The van der Waals surface area contributed by atoms with E-state index in [0.717, 1.165) is 23.1 Å². The predicted molar refractivity (Wildman–Crippen MR) is 78.5 cm³/mol. The number of nitrogens with one attached hydrogen (secondary N) is 1. The molecular formula is C15H21BrFNO. The molecule has 1 aromatic carbocycles. The summed E-state index contributed by atoms with van der Waals surface area (Å²) in [5, 5.41) is 3.50. The van der Waals surface area contributed by atoms with Gasteiger partial charge in [0, 0.05) is 29.1 Å². The highest BCUT2D eigenvalue weighted by Crippen LogP contribution is 2.42. The minimum atomic E-state index is -0.203. The summed E-state index contributed by atoms with van der Waals surface area (Å²) in [7, 11) is 0. The molecule has 4 heteroatoms. The van der Waals surface area contributed by atoms with Crippen LogP contribution in [-0.2, 0) is 11.3 Å². The van der Waals surface area contributed by atoms with E-state index in [1.54, 1.807) is 6.07 Å². The number of halogens is 2. The molecule has 2 rings (SSSR count). The lowest BCUT2D eigenvalue weighted by Crippen LogP contribution is -2.60. The molecule has 1 N–H and O–H groups in total. The van der Waals surface area contributed by atoms with Gasteiger partial charge in [0.2, 0.25) is 0 Å². The third kappa shape index (κ3) is 3.36. The van der Waals surface area contributed by atoms with Crippen molar-refractivity contribution < 1.29 is 9.13 Å². The molecule has 1 aliphatic carbocycles. The number of benzene rings is 1. The van der Waals surface area contributed by atoms with E-state index in [9.17, 15) is 4.39 Å². The van der Waals surface area contributed by atoms with Crippen LogP contribution in [0.25, 0.3) is 0 Å². The van der Waals surface area contributed by atoms with Gasteiger partial charge in [-0.1, -0.05) is 29.8 Å². The fraction of sp³-hybridized carbons (Fsp3) is 0.600. The Morgan fingerprint density at radius 1 is 1.42 bits per heavy atom. The van der Waals surface area contributed by atoms with Crippen LogP contribution in [0, 0.1) is 11.2 Å². The van der Waals surface area contributed by atoms with Gasteiger partial charge in [-0.05, 0) is 37.1 Å². The number of hydrogen-bond acceptors (Lipinski definition) is 2. The van der Waals surface area contributed by atoms with Crippen molar-refractivity contribution >= 4 is 15.9 Å². The second-order valence-electron chi connectivity index (χ2n) is 5.71. The minimum Gasteiger partial charge on any atom is -0.378 e. The standard InChI is InChI=1S/C15H21BrFNO/c1-4-19-14-8-13(15(14,2)3)18-9-10-5-11(16)7-12(17)6-10/h5-7,13-14,18H,4,8-9H2,1-3H3. The molecule has 19 heavy (non-hydrogen) atoms. The van der Waals surface area contributed by atoms with Crippen molar-refractivity contribution in [1.82, 2.24) is 5.32 Å². The van der Waals surface area contributed by atoms with Gasteiger partial charge >= 0.3 is 0 Å². The lowest BCUT2D eigenvalue weighted by atomic mass is 9.64. The Morgan fingerprint density at radius 3 is 2.74 bits per heavy atom. The monoisotopic (exact) mass is 329 g/mol. The molecule has 0 saturated heterocycles. The Labute approximate surface area is 122 Å². The largest absolute Gasteiger partial charge is 0.378 e. The summed E-state index contributed by atoms with van der Waals surface area (Å²) in [5.41, 5.74) is 1.10. The molecule has 0 radical (unpaired) electrons. The summed E-state index contributed by atoms with van der Waals surface area (Å²) < 4.78 is 19.8. The zero-order valence-electron chi connectivity index (χ0n) is 11.7. The number of ether oxygens (including phenoxy) is 1. The summed E-state index contributed by atoms with van der Waals surface area (Å²) >= 11 is 3.32. The Kier molecular flexibility index (Phi) is 4.64.